The Morgan fingerprint density at radius 1 is 1.29 bits per heavy atom. The lowest BCUT2D eigenvalue weighted by Gasteiger charge is -2.20. The first-order valence-corrected chi connectivity index (χ1v) is 10.3. The van der Waals surface area contributed by atoms with Crippen molar-refractivity contribution in [3.63, 3.8) is 0 Å². The van der Waals surface area contributed by atoms with Gasteiger partial charge in [-0.15, -0.1) is 24.0 Å². The van der Waals surface area contributed by atoms with Crippen LogP contribution in [0, 0.1) is 0 Å². The Morgan fingerprint density at radius 2 is 2.10 bits per heavy atom. The van der Waals surface area contributed by atoms with E-state index < -0.39 is 12.8 Å². The molecule has 1 aliphatic rings. The van der Waals surface area contributed by atoms with Gasteiger partial charge in [-0.25, -0.2) is 9.98 Å². The molecular formula is C20H31F3IN5O2. The molecule has 0 saturated carbocycles. The van der Waals surface area contributed by atoms with Crippen molar-refractivity contribution < 1.29 is 22.7 Å². The number of nitrogens with zero attached hydrogens (tertiary/aromatic N) is 3. The summed E-state index contributed by atoms with van der Waals surface area (Å²) in [5.41, 5.74) is 0.689. The Morgan fingerprint density at radius 3 is 2.84 bits per heavy atom. The van der Waals surface area contributed by atoms with E-state index in [9.17, 15) is 18.0 Å². The highest BCUT2D eigenvalue weighted by Crippen LogP contribution is 2.17. The van der Waals surface area contributed by atoms with Crippen molar-refractivity contribution >= 4 is 35.8 Å². The number of guanidine groups is 1. The topological polar surface area (TPSA) is 78.9 Å². The SMILES string of the molecule is CCNC(=NCc1ccnc(OCC(F)(F)F)c1)NCCCN1CCCCCC1=O.I. The summed E-state index contributed by atoms with van der Waals surface area (Å²) in [5, 5.41) is 6.36. The minimum Gasteiger partial charge on any atom is -0.468 e. The first-order chi connectivity index (χ1) is 14.4. The lowest BCUT2D eigenvalue weighted by molar-refractivity contribution is -0.154. The highest BCUT2D eigenvalue weighted by Gasteiger charge is 2.28. The number of likely N-dealkylation sites (tertiary alicyclic amines) is 1. The Bertz CT molecular complexity index is 704. The Kier molecular flexibility index (Phi) is 12.6. The summed E-state index contributed by atoms with van der Waals surface area (Å²) in [4.78, 5) is 22.2. The average molecular weight is 557 g/mol. The van der Waals surface area contributed by atoms with Crippen LogP contribution in [0.4, 0.5) is 13.2 Å². The van der Waals surface area contributed by atoms with Gasteiger partial charge in [-0.05, 0) is 37.8 Å². The van der Waals surface area contributed by atoms with Gasteiger partial charge < -0.3 is 20.3 Å². The molecule has 0 atom stereocenters. The van der Waals surface area contributed by atoms with Gasteiger partial charge in [0.15, 0.2) is 12.6 Å². The zero-order chi connectivity index (χ0) is 21.8. The van der Waals surface area contributed by atoms with Crippen LogP contribution in [0.1, 0.15) is 44.6 Å². The molecule has 0 bridgehead atoms. The normalized spacial score (nSPS) is 15.2. The van der Waals surface area contributed by atoms with Gasteiger partial charge in [-0.2, -0.15) is 13.2 Å². The number of ether oxygens (including phenoxy) is 1. The molecule has 0 aliphatic carbocycles. The summed E-state index contributed by atoms with van der Waals surface area (Å²) in [5.74, 6) is 0.753. The molecule has 0 spiro atoms. The predicted molar refractivity (Wildman–Crippen MR) is 124 cm³/mol. The van der Waals surface area contributed by atoms with Gasteiger partial charge in [0.2, 0.25) is 11.8 Å². The largest absolute Gasteiger partial charge is 0.468 e. The number of rotatable bonds is 9. The summed E-state index contributed by atoms with van der Waals surface area (Å²) in [6.45, 7) is 3.71. The molecule has 11 heteroatoms. The van der Waals surface area contributed by atoms with E-state index in [0.717, 1.165) is 38.8 Å². The number of hydrogen-bond acceptors (Lipinski definition) is 4. The number of aromatic nitrogens is 1. The third-order valence-electron chi connectivity index (χ3n) is 4.52. The van der Waals surface area contributed by atoms with Crippen LogP contribution in [0.25, 0.3) is 0 Å². The first kappa shape index (κ1) is 27.2. The molecule has 1 amide bonds. The van der Waals surface area contributed by atoms with Gasteiger partial charge in [0.25, 0.3) is 0 Å². The van der Waals surface area contributed by atoms with Crippen molar-refractivity contribution in [3.05, 3.63) is 23.9 Å². The van der Waals surface area contributed by atoms with E-state index in [-0.39, 0.29) is 42.3 Å². The zero-order valence-corrected chi connectivity index (χ0v) is 20.0. The monoisotopic (exact) mass is 557 g/mol. The maximum atomic E-state index is 12.3. The van der Waals surface area contributed by atoms with E-state index in [1.807, 2.05) is 11.8 Å². The minimum absolute atomic E-state index is 0. The van der Waals surface area contributed by atoms with Crippen molar-refractivity contribution in [1.82, 2.24) is 20.5 Å². The van der Waals surface area contributed by atoms with Gasteiger partial charge in [0.05, 0.1) is 6.54 Å². The highest BCUT2D eigenvalue weighted by molar-refractivity contribution is 14.0. The molecule has 176 valence electrons. The second-order valence-electron chi connectivity index (χ2n) is 7.07. The molecule has 31 heavy (non-hydrogen) atoms. The fourth-order valence-electron chi connectivity index (χ4n) is 3.05. The lowest BCUT2D eigenvalue weighted by Crippen LogP contribution is -2.39. The molecule has 2 N–H and O–H groups in total. The van der Waals surface area contributed by atoms with E-state index in [2.05, 4.69) is 25.3 Å². The van der Waals surface area contributed by atoms with Crippen LogP contribution in [0.3, 0.4) is 0 Å². The number of amides is 1. The molecule has 2 rings (SSSR count). The van der Waals surface area contributed by atoms with Crippen molar-refractivity contribution in [2.45, 2.75) is 51.7 Å². The number of hydrogen-bond donors (Lipinski definition) is 2. The van der Waals surface area contributed by atoms with Crippen LogP contribution in [-0.4, -0.2) is 60.7 Å². The number of carbonyl (C=O) groups excluding carboxylic acids is 1. The quantitative estimate of drug-likeness (QED) is 0.211. The van der Waals surface area contributed by atoms with Gasteiger partial charge >= 0.3 is 6.18 Å². The molecule has 0 unspecified atom stereocenters. The van der Waals surface area contributed by atoms with Crippen molar-refractivity contribution in [3.8, 4) is 5.88 Å². The van der Waals surface area contributed by atoms with Gasteiger partial charge in [0.1, 0.15) is 0 Å². The minimum atomic E-state index is -4.41. The van der Waals surface area contributed by atoms with Gasteiger partial charge in [-0.1, -0.05) is 6.42 Å². The summed E-state index contributed by atoms with van der Waals surface area (Å²) >= 11 is 0. The first-order valence-electron chi connectivity index (χ1n) is 10.3. The maximum absolute atomic E-state index is 12.3. The van der Waals surface area contributed by atoms with Crippen molar-refractivity contribution in [2.24, 2.45) is 4.99 Å². The second kappa shape index (κ2) is 14.3. The van der Waals surface area contributed by atoms with Gasteiger partial charge in [-0.3, -0.25) is 4.79 Å². The number of halogens is 4. The van der Waals surface area contributed by atoms with Crippen LogP contribution >= 0.6 is 24.0 Å². The van der Waals surface area contributed by atoms with Crippen LogP contribution in [0.5, 0.6) is 5.88 Å². The Labute approximate surface area is 198 Å². The second-order valence-corrected chi connectivity index (χ2v) is 7.07. The number of nitrogens with one attached hydrogen (secondary N) is 2. The van der Waals surface area contributed by atoms with E-state index >= 15 is 0 Å². The van der Waals surface area contributed by atoms with Crippen molar-refractivity contribution in [1.29, 1.82) is 0 Å². The highest BCUT2D eigenvalue weighted by atomic mass is 127. The molecule has 1 aliphatic heterocycles. The van der Waals surface area contributed by atoms with E-state index in [0.29, 0.717) is 31.0 Å². The smallest absolute Gasteiger partial charge is 0.422 e. The molecule has 0 radical (unpaired) electrons. The van der Waals surface area contributed by atoms with Crippen LogP contribution in [0.2, 0.25) is 0 Å². The molecule has 1 fully saturated rings. The molecule has 1 saturated heterocycles. The van der Waals surface area contributed by atoms with Crippen LogP contribution < -0.4 is 15.4 Å². The van der Waals surface area contributed by atoms with Crippen molar-refractivity contribution in [2.75, 3.05) is 32.8 Å². The third kappa shape index (κ3) is 11.4. The molecule has 1 aromatic heterocycles. The average Bonchev–Trinajstić information content (AvgIpc) is 2.91. The Hall–Kier alpha value is -1.79. The number of carbonyl (C=O) groups is 1. The maximum Gasteiger partial charge on any atom is 0.422 e. The molecule has 0 aromatic carbocycles. The lowest BCUT2D eigenvalue weighted by atomic mass is 10.2. The Balaban J connectivity index is 0.00000480. The standard InChI is InChI=1S/C20H30F3N5O2.HI/c1-2-24-19(26-9-6-12-28-11-5-3-4-7-18(28)29)27-14-16-8-10-25-17(13-16)30-15-20(21,22)23;/h8,10,13H,2-7,9,11-12,14-15H2,1H3,(H2,24,26,27);1H. The van der Waals surface area contributed by atoms with E-state index in [4.69, 9.17) is 0 Å². The van der Waals surface area contributed by atoms with Crippen LogP contribution in [-0.2, 0) is 11.3 Å². The summed E-state index contributed by atoms with van der Waals surface area (Å²) in [6, 6.07) is 3.13. The molecule has 7 nitrogen and oxygen atoms in total. The molecule has 2 heterocycles. The van der Waals surface area contributed by atoms with Gasteiger partial charge in [0, 0.05) is 44.9 Å². The summed E-state index contributed by atoms with van der Waals surface area (Å²) in [6.07, 6.45) is 1.58. The number of aliphatic imine (C=N–C) groups is 1. The fourth-order valence-corrected chi connectivity index (χ4v) is 3.05. The van der Waals surface area contributed by atoms with E-state index in [1.54, 1.807) is 6.07 Å². The number of alkyl halides is 3. The molecular weight excluding hydrogens is 526 g/mol. The summed E-state index contributed by atoms with van der Waals surface area (Å²) in [7, 11) is 0. The predicted octanol–water partition coefficient (Wildman–Crippen LogP) is 3.49. The number of pyridine rings is 1. The van der Waals surface area contributed by atoms with E-state index in [1.165, 1.54) is 12.3 Å². The fraction of sp³-hybridized carbons (Fsp3) is 0.650. The third-order valence-corrected chi connectivity index (χ3v) is 4.52. The molecule has 1 aromatic rings. The van der Waals surface area contributed by atoms with Crippen LogP contribution in [0.15, 0.2) is 23.3 Å². The zero-order valence-electron chi connectivity index (χ0n) is 17.7. The summed E-state index contributed by atoms with van der Waals surface area (Å²) < 4.78 is 41.5.